The van der Waals surface area contributed by atoms with Gasteiger partial charge in [-0.3, -0.25) is 9.59 Å². The van der Waals surface area contributed by atoms with Gasteiger partial charge < -0.3 is 20.3 Å². The first kappa shape index (κ1) is 25.1. The lowest BCUT2D eigenvalue weighted by Gasteiger charge is -2.25. The number of rotatable bonds is 6. The summed E-state index contributed by atoms with van der Waals surface area (Å²) in [5.74, 6) is -0.390. The summed E-state index contributed by atoms with van der Waals surface area (Å²) in [5, 5.41) is 5.54. The lowest BCUT2D eigenvalue weighted by molar-refractivity contribution is -0.130. The number of carbonyl (C=O) groups excluding carboxylic acids is 3. The van der Waals surface area contributed by atoms with E-state index in [4.69, 9.17) is 39.5 Å². The predicted molar refractivity (Wildman–Crippen MR) is 111 cm³/mol. The van der Waals surface area contributed by atoms with Crippen molar-refractivity contribution in [3.05, 3.63) is 0 Å². The fourth-order valence-corrected chi connectivity index (χ4v) is 3.19. The summed E-state index contributed by atoms with van der Waals surface area (Å²) in [4.78, 5) is 38.5. The molecule has 1 saturated heterocycles. The second-order valence-corrected chi connectivity index (χ2v) is 11.0. The highest BCUT2D eigenvalue weighted by Crippen LogP contribution is 2.31. The molecule has 1 aliphatic heterocycles. The maximum absolute atomic E-state index is 12.7. The minimum absolute atomic E-state index is 0.191. The number of nitrogens with one attached hydrogen (secondary N) is 2. The van der Waals surface area contributed by atoms with Crippen molar-refractivity contribution in [2.45, 2.75) is 75.4 Å². The molecule has 7 nitrogen and oxygen atoms in total. The van der Waals surface area contributed by atoms with Gasteiger partial charge in [0.15, 0.2) is 3.79 Å². The fraction of sp³-hybridized carbons (Fsp3) is 0.833. The van der Waals surface area contributed by atoms with E-state index >= 15 is 0 Å². The molecule has 2 N–H and O–H groups in total. The van der Waals surface area contributed by atoms with Crippen molar-refractivity contribution >= 4 is 52.7 Å². The van der Waals surface area contributed by atoms with E-state index in [1.165, 1.54) is 0 Å². The van der Waals surface area contributed by atoms with E-state index < -0.39 is 21.5 Å². The van der Waals surface area contributed by atoms with Crippen LogP contribution in [0.25, 0.3) is 0 Å². The van der Waals surface area contributed by atoms with E-state index in [9.17, 15) is 14.4 Å². The van der Waals surface area contributed by atoms with Crippen LogP contribution in [0, 0.1) is 5.92 Å². The highest BCUT2D eigenvalue weighted by molar-refractivity contribution is 6.68. The molecule has 3 amide bonds. The van der Waals surface area contributed by atoms with Crippen molar-refractivity contribution in [3.63, 3.8) is 0 Å². The van der Waals surface area contributed by atoms with E-state index in [1.807, 2.05) is 13.8 Å². The fourth-order valence-electron chi connectivity index (χ4n) is 2.84. The molecule has 28 heavy (non-hydrogen) atoms. The van der Waals surface area contributed by atoms with Crippen LogP contribution in [0.3, 0.4) is 0 Å². The van der Waals surface area contributed by atoms with Gasteiger partial charge >= 0.3 is 6.09 Å². The Hall–Kier alpha value is -0.920. The van der Waals surface area contributed by atoms with Crippen LogP contribution in [0.1, 0.15) is 53.9 Å². The molecule has 2 atom stereocenters. The Labute approximate surface area is 181 Å². The third-order valence-corrected chi connectivity index (χ3v) is 4.35. The first-order chi connectivity index (χ1) is 12.7. The molecule has 0 aliphatic carbocycles. The van der Waals surface area contributed by atoms with E-state index in [2.05, 4.69) is 10.6 Å². The zero-order valence-electron chi connectivity index (χ0n) is 17.0. The minimum Gasteiger partial charge on any atom is -0.444 e. The van der Waals surface area contributed by atoms with Crippen LogP contribution < -0.4 is 10.6 Å². The minimum atomic E-state index is -1.64. The molecule has 0 aromatic carbocycles. The number of halogens is 3. The highest BCUT2D eigenvalue weighted by Gasteiger charge is 2.33. The van der Waals surface area contributed by atoms with E-state index in [0.717, 1.165) is 0 Å². The Bertz CT molecular complexity index is 573. The Morgan fingerprint density at radius 1 is 1.18 bits per heavy atom. The summed E-state index contributed by atoms with van der Waals surface area (Å²) in [6, 6.07) is -0.942. The summed E-state index contributed by atoms with van der Waals surface area (Å²) < 4.78 is 3.60. The number of nitrogens with zero attached hydrogens (tertiary/aromatic N) is 1. The molecule has 162 valence electrons. The lowest BCUT2D eigenvalue weighted by Crippen LogP contribution is -2.51. The Balaban J connectivity index is 2.63. The number of ether oxygens (including phenoxy) is 1. The van der Waals surface area contributed by atoms with Gasteiger partial charge in [0.25, 0.3) is 0 Å². The lowest BCUT2D eigenvalue weighted by atomic mass is 10.0. The molecule has 1 aliphatic rings. The second-order valence-electron chi connectivity index (χ2n) is 8.45. The summed E-state index contributed by atoms with van der Waals surface area (Å²) in [6.45, 7) is 10.0. The van der Waals surface area contributed by atoms with Crippen LogP contribution in [-0.4, -0.2) is 57.4 Å². The normalized spacial score (nSPS) is 18.8. The van der Waals surface area contributed by atoms with Gasteiger partial charge in [-0.25, -0.2) is 4.79 Å². The molecule has 0 unspecified atom stereocenters. The third-order valence-electron chi connectivity index (χ3n) is 3.95. The zero-order chi connectivity index (χ0) is 21.7. The van der Waals surface area contributed by atoms with Gasteiger partial charge in [0.1, 0.15) is 11.6 Å². The topological polar surface area (TPSA) is 87.7 Å². The van der Waals surface area contributed by atoms with Crippen LogP contribution in [0.2, 0.25) is 0 Å². The Kier molecular flexibility index (Phi) is 9.16. The van der Waals surface area contributed by atoms with Gasteiger partial charge in [-0.1, -0.05) is 48.7 Å². The number of likely N-dealkylation sites (tertiary alicyclic amines) is 1. The Morgan fingerprint density at radius 3 is 2.29 bits per heavy atom. The average molecular weight is 459 g/mol. The van der Waals surface area contributed by atoms with Crippen molar-refractivity contribution in [2.75, 3.05) is 13.1 Å². The molecule has 1 fully saturated rings. The summed E-state index contributed by atoms with van der Waals surface area (Å²) >= 11 is 17.0. The van der Waals surface area contributed by atoms with Crippen molar-refractivity contribution < 1.29 is 19.1 Å². The summed E-state index contributed by atoms with van der Waals surface area (Å²) in [6.07, 6.45) is 0.208. The molecular weight excluding hydrogens is 429 g/mol. The standard InChI is InChI=1S/C18H30Cl3N3O4/c1-11(2)8-13(23-16(27)28-17(3,4)5)15(26)22-12-6-7-24(10-12)14(25)9-18(19,20)21/h11-13H,6-10H2,1-5H3,(H,22,26)(H,23,27)/t12-,13-/m0/s1. The summed E-state index contributed by atoms with van der Waals surface area (Å²) in [7, 11) is 0. The van der Waals surface area contributed by atoms with E-state index in [-0.39, 0.29) is 30.2 Å². The molecule has 1 heterocycles. The maximum Gasteiger partial charge on any atom is 0.408 e. The Morgan fingerprint density at radius 2 is 1.79 bits per heavy atom. The molecule has 10 heteroatoms. The molecule has 0 radical (unpaired) electrons. The van der Waals surface area contributed by atoms with Gasteiger partial charge in [-0.15, -0.1) is 0 Å². The second kappa shape index (κ2) is 10.2. The van der Waals surface area contributed by atoms with Crippen molar-refractivity contribution in [2.24, 2.45) is 5.92 Å². The van der Waals surface area contributed by atoms with Gasteiger partial charge in [0, 0.05) is 19.1 Å². The van der Waals surface area contributed by atoms with Crippen molar-refractivity contribution in [1.82, 2.24) is 15.5 Å². The van der Waals surface area contributed by atoms with Crippen LogP contribution in [0.4, 0.5) is 4.79 Å². The average Bonchev–Trinajstić information content (AvgIpc) is 2.90. The maximum atomic E-state index is 12.7. The SMILES string of the molecule is CC(C)C[C@H](NC(=O)OC(C)(C)C)C(=O)N[C@H]1CCN(C(=O)CC(Cl)(Cl)Cl)C1. The van der Waals surface area contributed by atoms with Gasteiger partial charge in [0.05, 0.1) is 6.42 Å². The van der Waals surface area contributed by atoms with Crippen LogP contribution in [0.15, 0.2) is 0 Å². The monoisotopic (exact) mass is 457 g/mol. The highest BCUT2D eigenvalue weighted by atomic mass is 35.6. The number of alkyl carbamates (subject to hydrolysis) is 1. The number of carbonyl (C=O) groups is 3. The number of alkyl halides is 3. The molecule has 0 bridgehead atoms. The smallest absolute Gasteiger partial charge is 0.408 e. The van der Waals surface area contributed by atoms with Crippen molar-refractivity contribution in [3.8, 4) is 0 Å². The quantitative estimate of drug-likeness (QED) is 0.597. The van der Waals surface area contributed by atoms with Gasteiger partial charge in [0.2, 0.25) is 11.8 Å². The molecule has 0 spiro atoms. The predicted octanol–water partition coefficient (Wildman–Crippen LogP) is 3.40. The first-order valence-corrected chi connectivity index (χ1v) is 10.4. The molecule has 0 aromatic heterocycles. The molecule has 1 rings (SSSR count). The first-order valence-electron chi connectivity index (χ1n) is 9.30. The molecule has 0 saturated carbocycles. The van der Waals surface area contributed by atoms with E-state index in [1.54, 1.807) is 25.7 Å². The van der Waals surface area contributed by atoms with Gasteiger partial charge in [-0.05, 0) is 39.5 Å². The van der Waals surface area contributed by atoms with Crippen molar-refractivity contribution in [1.29, 1.82) is 0 Å². The molecular formula is C18H30Cl3N3O4. The summed E-state index contributed by atoms with van der Waals surface area (Å²) in [5.41, 5.74) is -0.655. The van der Waals surface area contributed by atoms with Crippen LogP contribution in [0.5, 0.6) is 0 Å². The molecule has 0 aromatic rings. The largest absolute Gasteiger partial charge is 0.444 e. The number of hydrogen-bond acceptors (Lipinski definition) is 4. The van der Waals surface area contributed by atoms with Gasteiger partial charge in [-0.2, -0.15) is 0 Å². The number of amides is 3. The third kappa shape index (κ3) is 10.0. The van der Waals surface area contributed by atoms with Crippen LogP contribution in [-0.2, 0) is 14.3 Å². The number of hydrogen-bond donors (Lipinski definition) is 2. The van der Waals surface area contributed by atoms with Crippen LogP contribution >= 0.6 is 34.8 Å². The van der Waals surface area contributed by atoms with E-state index in [0.29, 0.717) is 25.9 Å². The zero-order valence-corrected chi connectivity index (χ0v) is 19.2.